The van der Waals surface area contributed by atoms with E-state index in [0.717, 1.165) is 17.7 Å². The van der Waals surface area contributed by atoms with Crippen LogP contribution in [0.1, 0.15) is 83.8 Å². The van der Waals surface area contributed by atoms with Crippen LogP contribution in [0.4, 0.5) is 4.79 Å². The number of benzene rings is 1. The Morgan fingerprint density at radius 1 is 0.981 bits per heavy atom. The van der Waals surface area contributed by atoms with E-state index in [1.807, 2.05) is 13.8 Å². The summed E-state index contributed by atoms with van der Waals surface area (Å²) in [5.74, 6) is -2.17. The summed E-state index contributed by atoms with van der Waals surface area (Å²) in [6, 6.07) is 3.61. The quantitative estimate of drug-likeness (QED) is 0.0302. The van der Waals surface area contributed by atoms with Gasteiger partial charge in [-0.3, -0.25) is 28.9 Å². The minimum Gasteiger partial charge on any atom is -0.493 e. The standard InChI is InChI=1S/C35H55N7O10S/c1-6-21(2)32(41-30(45)10-8-7-9-15-36)34(48)51-24-12-11-23(18-25(24)50-5)26(52-35(49)40-22(3)37)20-39-29(44)14-17-53-27-19-31(46)42(33(27)47)16-13-28(43)38-4/h11-12,18,21-22,26-27,32H,6-10,13-17,19-20,36-37H2,1-5H3,(H,38,43)(H,39,44)(H,40,49)(H,41,45)/t21-,22?,26?,27?,32-/m0/s1. The molecule has 1 aliphatic rings. The van der Waals surface area contributed by atoms with E-state index in [1.165, 1.54) is 38.1 Å². The van der Waals surface area contributed by atoms with Crippen LogP contribution in [0.2, 0.25) is 0 Å². The monoisotopic (exact) mass is 765 g/mol. The highest BCUT2D eigenvalue weighted by Gasteiger charge is 2.38. The van der Waals surface area contributed by atoms with Gasteiger partial charge in [-0.1, -0.05) is 32.8 Å². The number of hydrogen-bond donors (Lipinski definition) is 6. The van der Waals surface area contributed by atoms with Crippen molar-refractivity contribution >= 4 is 53.4 Å². The van der Waals surface area contributed by atoms with Gasteiger partial charge in [0.05, 0.1) is 25.1 Å². The zero-order valence-corrected chi connectivity index (χ0v) is 32.0. The second-order valence-corrected chi connectivity index (χ2v) is 13.9. The number of thioether (sulfide) groups is 1. The van der Waals surface area contributed by atoms with E-state index in [-0.39, 0.29) is 79.7 Å². The van der Waals surface area contributed by atoms with Gasteiger partial charge in [0.1, 0.15) is 12.1 Å². The minimum atomic E-state index is -1.03. The zero-order chi connectivity index (χ0) is 39.5. The summed E-state index contributed by atoms with van der Waals surface area (Å²) in [5, 5.41) is 9.74. The van der Waals surface area contributed by atoms with E-state index in [9.17, 15) is 33.6 Å². The molecule has 296 valence electrons. The first-order valence-corrected chi connectivity index (χ1v) is 18.8. The summed E-state index contributed by atoms with van der Waals surface area (Å²) in [7, 11) is 2.84. The summed E-state index contributed by atoms with van der Waals surface area (Å²) in [6.45, 7) is 5.67. The van der Waals surface area contributed by atoms with E-state index >= 15 is 0 Å². The fourth-order valence-electron chi connectivity index (χ4n) is 5.18. The van der Waals surface area contributed by atoms with Crippen molar-refractivity contribution in [3.05, 3.63) is 23.8 Å². The Morgan fingerprint density at radius 3 is 2.36 bits per heavy atom. The first kappa shape index (κ1) is 44.7. The number of likely N-dealkylation sites (tertiary alicyclic amines) is 1. The van der Waals surface area contributed by atoms with E-state index in [1.54, 1.807) is 13.0 Å². The molecule has 1 aliphatic heterocycles. The molecular formula is C35H55N7O10S. The highest BCUT2D eigenvalue weighted by Crippen LogP contribution is 2.32. The van der Waals surface area contributed by atoms with Crippen LogP contribution in [-0.4, -0.2) is 104 Å². The van der Waals surface area contributed by atoms with Crippen LogP contribution in [0.5, 0.6) is 11.5 Å². The summed E-state index contributed by atoms with van der Waals surface area (Å²) in [6.07, 6.45) is 0.526. The third-order valence-corrected chi connectivity index (χ3v) is 9.64. The second kappa shape index (κ2) is 23.3. The van der Waals surface area contributed by atoms with Crippen LogP contribution in [0.15, 0.2) is 18.2 Å². The average molecular weight is 766 g/mol. The lowest BCUT2D eigenvalue weighted by Gasteiger charge is -2.24. The smallest absolute Gasteiger partial charge is 0.409 e. The van der Waals surface area contributed by atoms with Crippen LogP contribution in [0, 0.1) is 5.92 Å². The molecule has 0 spiro atoms. The van der Waals surface area contributed by atoms with Gasteiger partial charge in [0, 0.05) is 45.0 Å². The number of rotatable bonds is 23. The average Bonchev–Trinajstić information content (AvgIpc) is 3.39. The molecule has 2 rings (SSSR count). The predicted octanol–water partition coefficient (Wildman–Crippen LogP) is 1.23. The van der Waals surface area contributed by atoms with Gasteiger partial charge in [0.15, 0.2) is 11.5 Å². The number of hydrogen-bond acceptors (Lipinski definition) is 13. The Hall–Kier alpha value is -4.42. The number of carbonyl (C=O) groups is 7. The van der Waals surface area contributed by atoms with E-state index in [2.05, 4.69) is 21.3 Å². The molecule has 0 radical (unpaired) electrons. The molecule has 18 heteroatoms. The number of imide groups is 1. The summed E-state index contributed by atoms with van der Waals surface area (Å²) in [5.41, 5.74) is 11.6. The van der Waals surface area contributed by atoms with Gasteiger partial charge in [-0.05, 0) is 49.9 Å². The summed E-state index contributed by atoms with van der Waals surface area (Å²) >= 11 is 1.17. The molecule has 8 N–H and O–H groups in total. The lowest BCUT2D eigenvalue weighted by atomic mass is 9.99. The maximum absolute atomic E-state index is 13.3. The molecule has 1 fully saturated rings. The van der Waals surface area contributed by atoms with Crippen molar-refractivity contribution in [3.8, 4) is 11.5 Å². The third kappa shape index (κ3) is 15.2. The molecule has 1 aromatic rings. The highest BCUT2D eigenvalue weighted by molar-refractivity contribution is 8.00. The molecular weight excluding hydrogens is 710 g/mol. The largest absolute Gasteiger partial charge is 0.493 e. The summed E-state index contributed by atoms with van der Waals surface area (Å²) < 4.78 is 16.8. The molecule has 0 saturated carbocycles. The van der Waals surface area contributed by atoms with Gasteiger partial charge >= 0.3 is 12.1 Å². The number of amides is 6. The molecule has 5 atom stereocenters. The Morgan fingerprint density at radius 2 is 1.72 bits per heavy atom. The molecule has 53 heavy (non-hydrogen) atoms. The normalized spacial score (nSPS) is 16.2. The first-order chi connectivity index (χ1) is 25.2. The summed E-state index contributed by atoms with van der Waals surface area (Å²) in [4.78, 5) is 88.9. The molecule has 0 aliphatic carbocycles. The number of esters is 1. The Labute approximate surface area is 314 Å². The number of methoxy groups -OCH3 is 1. The number of unbranched alkanes of at least 4 members (excludes halogenated alkanes) is 2. The van der Waals surface area contributed by atoms with Crippen molar-refractivity contribution in [2.75, 3.05) is 39.5 Å². The predicted molar refractivity (Wildman–Crippen MR) is 197 cm³/mol. The Balaban J connectivity index is 2.09. The number of nitrogens with one attached hydrogen (secondary N) is 4. The fraction of sp³-hybridized carbons (Fsp3) is 0.629. The van der Waals surface area contributed by atoms with Gasteiger partial charge in [0.25, 0.3) is 0 Å². The Bertz CT molecular complexity index is 1430. The van der Waals surface area contributed by atoms with E-state index in [4.69, 9.17) is 25.7 Å². The molecule has 0 bridgehead atoms. The van der Waals surface area contributed by atoms with Crippen molar-refractivity contribution in [2.45, 2.75) is 95.7 Å². The first-order valence-electron chi connectivity index (χ1n) is 17.8. The van der Waals surface area contributed by atoms with Crippen molar-refractivity contribution in [2.24, 2.45) is 17.4 Å². The van der Waals surface area contributed by atoms with Crippen LogP contribution < -0.4 is 42.2 Å². The van der Waals surface area contributed by atoms with Crippen molar-refractivity contribution in [3.63, 3.8) is 0 Å². The van der Waals surface area contributed by atoms with Crippen LogP contribution in [-0.2, 0) is 33.5 Å². The fourth-order valence-corrected chi connectivity index (χ4v) is 6.30. The second-order valence-electron chi connectivity index (χ2n) is 12.6. The molecule has 17 nitrogen and oxygen atoms in total. The maximum atomic E-state index is 13.3. The van der Waals surface area contributed by atoms with Gasteiger partial charge in [0.2, 0.25) is 29.5 Å². The van der Waals surface area contributed by atoms with Crippen LogP contribution in [0.25, 0.3) is 0 Å². The topological polar surface area (TPSA) is 251 Å². The van der Waals surface area contributed by atoms with Crippen LogP contribution in [0.3, 0.4) is 0 Å². The number of ether oxygens (including phenoxy) is 3. The van der Waals surface area contributed by atoms with Crippen molar-refractivity contribution in [1.29, 1.82) is 0 Å². The molecule has 3 unspecified atom stereocenters. The van der Waals surface area contributed by atoms with Gasteiger partial charge in [-0.2, -0.15) is 0 Å². The molecule has 1 saturated heterocycles. The van der Waals surface area contributed by atoms with E-state index in [0.29, 0.717) is 24.9 Å². The van der Waals surface area contributed by atoms with Crippen LogP contribution >= 0.6 is 11.8 Å². The number of nitrogens with zero attached hydrogens (tertiary/aromatic N) is 1. The van der Waals surface area contributed by atoms with E-state index < -0.39 is 47.4 Å². The minimum absolute atomic E-state index is 0.000569. The number of nitrogens with two attached hydrogens (primary N) is 2. The van der Waals surface area contributed by atoms with Crippen molar-refractivity contribution in [1.82, 2.24) is 26.2 Å². The van der Waals surface area contributed by atoms with Gasteiger partial charge in [-0.25, -0.2) is 9.59 Å². The molecule has 1 aromatic carbocycles. The maximum Gasteiger partial charge on any atom is 0.409 e. The Kier molecular flexibility index (Phi) is 19.7. The van der Waals surface area contributed by atoms with Crippen molar-refractivity contribution < 1.29 is 47.8 Å². The SMILES string of the molecule is CC[C@H](C)[C@H](NC(=O)CCCCCN)C(=O)Oc1ccc(C(CNC(=O)CCSC2CC(=O)N(CCC(=O)NC)C2=O)OC(=O)NC(C)N)cc1OC. The van der Waals surface area contributed by atoms with Gasteiger partial charge < -0.3 is 46.9 Å². The lowest BCUT2D eigenvalue weighted by molar-refractivity contribution is -0.141. The molecule has 6 amide bonds. The number of alkyl carbamates (subject to hydrolysis) is 1. The van der Waals surface area contributed by atoms with Gasteiger partial charge in [-0.15, -0.1) is 11.8 Å². The highest BCUT2D eigenvalue weighted by atomic mass is 32.2. The third-order valence-electron chi connectivity index (χ3n) is 8.43. The zero-order valence-electron chi connectivity index (χ0n) is 31.2. The molecule has 1 heterocycles. The lowest BCUT2D eigenvalue weighted by Crippen LogP contribution is -2.47. The number of carbonyl (C=O) groups excluding carboxylic acids is 7. The molecule has 0 aromatic heterocycles.